The summed E-state index contributed by atoms with van der Waals surface area (Å²) < 4.78 is 20.1. The standard InChI is InChI=1S/C6H11NO.2C5H9NO.C4H7NO.2CH4/c1-5-7-6(2,3)4-8-5;1-4-3-7-5(2)6-4;1-4-3-6-5(2)7-4;1-4-5-2-3-6-4;;/h4H2,1-3H3;2*4H,3H2,1-2H3;2-3H2,1H3;2*1H4. The van der Waals surface area contributed by atoms with E-state index in [-0.39, 0.29) is 20.4 Å². The predicted octanol–water partition coefficient (Wildman–Crippen LogP) is 4.57. The molecule has 8 heteroatoms. The molecular formula is C22H44N4O4. The number of nitrogens with zero attached hydrogens (tertiary/aromatic N) is 4. The van der Waals surface area contributed by atoms with Crippen molar-refractivity contribution in [3.05, 3.63) is 0 Å². The molecule has 4 aliphatic rings. The summed E-state index contributed by atoms with van der Waals surface area (Å²) in [5, 5.41) is 0. The second-order valence-corrected chi connectivity index (χ2v) is 7.58. The molecule has 2 unspecified atom stereocenters. The maximum absolute atomic E-state index is 5.12. The molecule has 0 aromatic heterocycles. The Morgan fingerprint density at radius 1 is 0.833 bits per heavy atom. The highest BCUT2D eigenvalue weighted by atomic mass is 16.5. The third kappa shape index (κ3) is 14.0. The van der Waals surface area contributed by atoms with Crippen LogP contribution in [0.5, 0.6) is 0 Å². The fraction of sp³-hybridized carbons (Fsp3) is 0.818. The molecule has 0 aromatic rings. The molecule has 2 atom stereocenters. The van der Waals surface area contributed by atoms with E-state index in [9.17, 15) is 0 Å². The van der Waals surface area contributed by atoms with Crippen molar-refractivity contribution < 1.29 is 18.9 Å². The van der Waals surface area contributed by atoms with Crippen LogP contribution in [-0.2, 0) is 18.9 Å². The molecule has 0 bridgehead atoms. The quantitative estimate of drug-likeness (QED) is 0.565. The van der Waals surface area contributed by atoms with Gasteiger partial charge in [0, 0.05) is 27.7 Å². The maximum atomic E-state index is 5.12. The van der Waals surface area contributed by atoms with Crippen LogP contribution in [0.3, 0.4) is 0 Å². The lowest BCUT2D eigenvalue weighted by molar-refractivity contribution is 0.244. The molecule has 0 saturated heterocycles. The Hall–Kier alpha value is -2.12. The van der Waals surface area contributed by atoms with Gasteiger partial charge in [-0.25, -0.2) is 9.98 Å². The largest absolute Gasteiger partial charge is 0.479 e. The summed E-state index contributed by atoms with van der Waals surface area (Å²) in [7, 11) is 0. The van der Waals surface area contributed by atoms with Crippen molar-refractivity contribution in [1.29, 1.82) is 0 Å². The van der Waals surface area contributed by atoms with Crippen LogP contribution in [0.25, 0.3) is 0 Å². The van der Waals surface area contributed by atoms with Crippen LogP contribution in [0.4, 0.5) is 0 Å². The highest BCUT2D eigenvalue weighted by molar-refractivity contribution is 5.75. The number of ether oxygens (including phenoxy) is 4. The van der Waals surface area contributed by atoms with Crippen LogP contribution in [0, 0.1) is 0 Å². The lowest BCUT2D eigenvalue weighted by atomic mass is 10.1. The van der Waals surface area contributed by atoms with Crippen LogP contribution < -0.4 is 0 Å². The number of aliphatic imine (C=N–C) groups is 4. The van der Waals surface area contributed by atoms with Gasteiger partial charge >= 0.3 is 0 Å². The zero-order valence-electron chi connectivity index (χ0n) is 18.6. The zero-order valence-corrected chi connectivity index (χ0v) is 18.6. The molecule has 0 spiro atoms. The van der Waals surface area contributed by atoms with E-state index in [1.165, 1.54) is 0 Å². The molecule has 0 fully saturated rings. The first kappa shape index (κ1) is 30.1. The molecule has 0 radical (unpaired) electrons. The zero-order chi connectivity index (χ0) is 21.2. The van der Waals surface area contributed by atoms with Gasteiger partial charge in [-0.3, -0.25) is 9.98 Å². The van der Waals surface area contributed by atoms with Crippen molar-refractivity contribution >= 4 is 23.6 Å². The summed E-state index contributed by atoms with van der Waals surface area (Å²) in [6.45, 7) is 19.7. The maximum Gasteiger partial charge on any atom is 0.180 e. The number of rotatable bonds is 0. The molecule has 0 saturated carbocycles. The van der Waals surface area contributed by atoms with Gasteiger partial charge in [0.1, 0.15) is 25.9 Å². The number of hydrogen-bond donors (Lipinski definition) is 0. The van der Waals surface area contributed by atoms with Gasteiger partial charge in [0.05, 0.1) is 24.7 Å². The monoisotopic (exact) mass is 428 g/mol. The fourth-order valence-electron chi connectivity index (χ4n) is 2.46. The van der Waals surface area contributed by atoms with Crippen molar-refractivity contribution in [3.63, 3.8) is 0 Å². The Kier molecular flexibility index (Phi) is 14.8. The van der Waals surface area contributed by atoms with Crippen LogP contribution in [0.1, 0.15) is 70.2 Å². The molecule has 0 aliphatic carbocycles. The Morgan fingerprint density at radius 3 is 1.63 bits per heavy atom. The molecule has 4 rings (SSSR count). The third-order valence-corrected chi connectivity index (χ3v) is 3.71. The summed E-state index contributed by atoms with van der Waals surface area (Å²) >= 11 is 0. The minimum atomic E-state index is 0. The van der Waals surface area contributed by atoms with Gasteiger partial charge in [-0.05, 0) is 27.7 Å². The average molecular weight is 429 g/mol. The van der Waals surface area contributed by atoms with Gasteiger partial charge in [0.25, 0.3) is 0 Å². The van der Waals surface area contributed by atoms with Crippen molar-refractivity contribution in [2.24, 2.45) is 20.0 Å². The smallest absolute Gasteiger partial charge is 0.180 e. The van der Waals surface area contributed by atoms with Gasteiger partial charge in [-0.1, -0.05) is 14.9 Å². The van der Waals surface area contributed by atoms with Gasteiger partial charge < -0.3 is 18.9 Å². The minimum absolute atomic E-state index is 0. The highest BCUT2D eigenvalue weighted by Crippen LogP contribution is 2.15. The lowest BCUT2D eigenvalue weighted by Crippen LogP contribution is -2.17. The molecule has 176 valence electrons. The topological polar surface area (TPSA) is 86.4 Å². The first-order valence-corrected chi connectivity index (χ1v) is 9.75. The number of hydrogen-bond acceptors (Lipinski definition) is 8. The molecule has 0 aromatic carbocycles. The molecule has 0 amide bonds. The third-order valence-electron chi connectivity index (χ3n) is 3.71. The second kappa shape index (κ2) is 14.8. The first-order chi connectivity index (χ1) is 13.1. The Bertz CT molecular complexity index is 612. The Labute approximate surface area is 183 Å². The molecule has 30 heavy (non-hydrogen) atoms. The van der Waals surface area contributed by atoms with Crippen LogP contribution >= 0.6 is 0 Å². The lowest BCUT2D eigenvalue weighted by Gasteiger charge is -2.07. The van der Waals surface area contributed by atoms with E-state index < -0.39 is 0 Å². The van der Waals surface area contributed by atoms with Gasteiger partial charge in [-0.15, -0.1) is 0 Å². The summed E-state index contributed by atoms with van der Waals surface area (Å²) in [6.07, 6.45) is 0.319. The van der Waals surface area contributed by atoms with E-state index in [0.717, 1.165) is 56.5 Å². The van der Waals surface area contributed by atoms with Gasteiger partial charge in [0.2, 0.25) is 0 Å². The molecule has 4 heterocycles. The van der Waals surface area contributed by atoms with Crippen molar-refractivity contribution in [3.8, 4) is 0 Å². The summed E-state index contributed by atoms with van der Waals surface area (Å²) in [5.41, 5.74) is 0.0318. The SMILES string of the molecule is C.C.CC1=NC(C)(C)CO1.CC1=NC(C)CO1.CC1=NCC(C)O1.CC1=NCCO1. The predicted molar refractivity (Wildman–Crippen MR) is 128 cm³/mol. The Balaban J connectivity index is 0. The van der Waals surface area contributed by atoms with Crippen molar-refractivity contribution in [2.45, 2.75) is 87.9 Å². The van der Waals surface area contributed by atoms with E-state index in [0.29, 0.717) is 12.1 Å². The van der Waals surface area contributed by atoms with E-state index >= 15 is 0 Å². The molecule has 4 aliphatic heterocycles. The summed E-state index contributed by atoms with van der Waals surface area (Å²) in [6, 6.07) is 0.389. The fourth-order valence-corrected chi connectivity index (χ4v) is 2.46. The van der Waals surface area contributed by atoms with Crippen LogP contribution in [0.2, 0.25) is 0 Å². The van der Waals surface area contributed by atoms with Gasteiger partial charge in [0.15, 0.2) is 23.6 Å². The van der Waals surface area contributed by atoms with E-state index in [1.54, 1.807) is 0 Å². The summed E-state index contributed by atoms with van der Waals surface area (Å²) in [5.74, 6) is 3.30. The van der Waals surface area contributed by atoms with Crippen molar-refractivity contribution in [2.75, 3.05) is 32.9 Å². The van der Waals surface area contributed by atoms with Gasteiger partial charge in [-0.2, -0.15) is 0 Å². The Morgan fingerprint density at radius 2 is 1.50 bits per heavy atom. The summed E-state index contributed by atoms with van der Waals surface area (Å²) in [4.78, 5) is 16.2. The van der Waals surface area contributed by atoms with Crippen LogP contribution in [-0.4, -0.2) is 74.2 Å². The second-order valence-electron chi connectivity index (χ2n) is 7.58. The van der Waals surface area contributed by atoms with Crippen LogP contribution in [0.15, 0.2) is 20.0 Å². The average Bonchev–Trinajstić information content (AvgIpc) is 3.36. The molecule has 8 nitrogen and oxygen atoms in total. The normalized spacial score (nSPS) is 24.3. The van der Waals surface area contributed by atoms with E-state index in [1.807, 2.05) is 41.5 Å². The highest BCUT2D eigenvalue weighted by Gasteiger charge is 2.23. The molecule has 0 N–H and O–H groups in total. The minimum Gasteiger partial charge on any atom is -0.479 e. The molecular weight excluding hydrogens is 384 g/mol. The first-order valence-electron chi connectivity index (χ1n) is 9.75. The van der Waals surface area contributed by atoms with E-state index in [4.69, 9.17) is 18.9 Å². The van der Waals surface area contributed by atoms with Crippen molar-refractivity contribution in [1.82, 2.24) is 0 Å². The van der Waals surface area contributed by atoms with E-state index in [2.05, 4.69) is 33.8 Å².